The van der Waals surface area contributed by atoms with Crippen LogP contribution >= 0.6 is 0 Å². The van der Waals surface area contributed by atoms with Crippen LogP contribution < -0.4 is 4.90 Å². The highest BCUT2D eigenvalue weighted by Gasteiger charge is 2.38. The summed E-state index contributed by atoms with van der Waals surface area (Å²) in [5.74, 6) is 0.861. The molecule has 1 aliphatic heterocycles. The average Bonchev–Trinajstić information content (AvgIpc) is 3.64. The third-order valence-corrected chi connectivity index (χ3v) is 9.71. The molecule has 2 nitrogen and oxygen atoms in total. The van der Waals surface area contributed by atoms with E-state index in [0.29, 0.717) is 5.92 Å². The van der Waals surface area contributed by atoms with Gasteiger partial charge >= 0.3 is 0 Å². The molecule has 3 unspecified atom stereocenters. The number of hydrogen-bond acceptors (Lipinski definition) is 2. The lowest BCUT2D eigenvalue weighted by atomic mass is 9.89. The predicted molar refractivity (Wildman–Crippen MR) is 189 cm³/mol. The Bertz CT molecular complexity index is 2230. The summed E-state index contributed by atoms with van der Waals surface area (Å²) in [4.78, 5) is 2.56. The number of furan rings is 1. The number of anilines is 2. The normalized spacial score (nSPS) is 20.1. The fourth-order valence-corrected chi connectivity index (χ4v) is 7.38. The van der Waals surface area contributed by atoms with Crippen molar-refractivity contribution in [2.45, 2.75) is 25.3 Å². The SMILES string of the molecule is CC1C=CC(c2cc(-c3ccccc3)cc(N3c4ccc(-c5ccc6oc7ccccc7c6c5)cc4C4C=CC=CC43)c2)=CC1. The van der Waals surface area contributed by atoms with Crippen LogP contribution in [0.1, 0.15) is 30.4 Å². The third kappa shape index (κ3) is 4.40. The molecule has 0 bridgehead atoms. The lowest BCUT2D eigenvalue weighted by molar-refractivity contribution is 0.669. The molecule has 2 heterocycles. The van der Waals surface area contributed by atoms with Crippen molar-refractivity contribution >= 4 is 38.9 Å². The van der Waals surface area contributed by atoms with Gasteiger partial charge in [-0.2, -0.15) is 0 Å². The molecule has 45 heavy (non-hydrogen) atoms. The highest BCUT2D eigenvalue weighted by molar-refractivity contribution is 6.06. The molecule has 3 aliphatic rings. The molecule has 2 heteroatoms. The van der Waals surface area contributed by atoms with Crippen LogP contribution in [0.2, 0.25) is 0 Å². The molecule has 1 aromatic heterocycles. The van der Waals surface area contributed by atoms with Crippen LogP contribution in [0.15, 0.2) is 156 Å². The van der Waals surface area contributed by atoms with Crippen molar-refractivity contribution in [1.82, 2.24) is 0 Å². The van der Waals surface area contributed by atoms with Gasteiger partial charge in [-0.1, -0.05) is 110 Å². The Balaban J connectivity index is 1.18. The first-order valence-corrected chi connectivity index (χ1v) is 16.0. The van der Waals surface area contributed by atoms with Gasteiger partial charge in [-0.25, -0.2) is 0 Å². The van der Waals surface area contributed by atoms with Crippen LogP contribution in [0.3, 0.4) is 0 Å². The highest BCUT2D eigenvalue weighted by Crippen LogP contribution is 2.50. The van der Waals surface area contributed by atoms with E-state index >= 15 is 0 Å². The quantitative estimate of drug-likeness (QED) is 0.207. The molecular formula is C43H33NO. The number of rotatable bonds is 4. The Morgan fingerprint density at radius 1 is 0.622 bits per heavy atom. The number of allylic oxidation sites excluding steroid dienone is 6. The summed E-state index contributed by atoms with van der Waals surface area (Å²) in [5, 5.41) is 2.32. The third-order valence-electron chi connectivity index (χ3n) is 9.71. The molecule has 0 fully saturated rings. The first kappa shape index (κ1) is 26.1. The lowest BCUT2D eigenvalue weighted by Crippen LogP contribution is -2.28. The van der Waals surface area contributed by atoms with Gasteiger partial charge in [0.05, 0.1) is 6.04 Å². The minimum absolute atomic E-state index is 0.218. The summed E-state index contributed by atoms with van der Waals surface area (Å²) >= 11 is 0. The van der Waals surface area contributed by atoms with E-state index in [4.69, 9.17) is 4.42 Å². The van der Waals surface area contributed by atoms with E-state index in [9.17, 15) is 0 Å². The maximum absolute atomic E-state index is 6.12. The number of fused-ring (bicyclic) bond motifs is 6. The molecule has 0 spiro atoms. The fraction of sp³-hybridized carbons (Fsp3) is 0.116. The van der Waals surface area contributed by atoms with E-state index in [-0.39, 0.29) is 12.0 Å². The molecule has 0 saturated carbocycles. The Morgan fingerprint density at radius 2 is 1.40 bits per heavy atom. The van der Waals surface area contributed by atoms with Crippen molar-refractivity contribution in [3.05, 3.63) is 163 Å². The van der Waals surface area contributed by atoms with Gasteiger partial charge in [0.1, 0.15) is 11.2 Å². The monoisotopic (exact) mass is 579 g/mol. The molecule has 0 saturated heterocycles. The second-order valence-electron chi connectivity index (χ2n) is 12.6. The summed E-state index contributed by atoms with van der Waals surface area (Å²) in [6, 6.07) is 40.0. The van der Waals surface area contributed by atoms with Gasteiger partial charge < -0.3 is 9.32 Å². The van der Waals surface area contributed by atoms with Crippen molar-refractivity contribution in [2.24, 2.45) is 5.92 Å². The molecule has 5 aromatic carbocycles. The van der Waals surface area contributed by atoms with E-state index in [1.807, 2.05) is 12.1 Å². The fourth-order valence-electron chi connectivity index (χ4n) is 7.38. The lowest BCUT2D eigenvalue weighted by Gasteiger charge is -2.30. The summed E-state index contributed by atoms with van der Waals surface area (Å²) in [6.45, 7) is 2.28. The predicted octanol–water partition coefficient (Wildman–Crippen LogP) is 11.6. The number of hydrogen-bond donors (Lipinski definition) is 0. The molecule has 2 aliphatic carbocycles. The summed E-state index contributed by atoms with van der Waals surface area (Å²) in [6.07, 6.45) is 17.3. The van der Waals surface area contributed by atoms with Gasteiger partial charge in [0.2, 0.25) is 0 Å². The van der Waals surface area contributed by atoms with Crippen molar-refractivity contribution in [3.63, 3.8) is 0 Å². The zero-order chi connectivity index (χ0) is 29.9. The highest BCUT2D eigenvalue weighted by atomic mass is 16.3. The molecule has 0 amide bonds. The van der Waals surface area contributed by atoms with Crippen LogP contribution in [0.5, 0.6) is 0 Å². The Kier molecular flexibility index (Phi) is 6.02. The van der Waals surface area contributed by atoms with Gasteiger partial charge in [-0.05, 0) is 99.8 Å². The zero-order valence-corrected chi connectivity index (χ0v) is 25.2. The maximum atomic E-state index is 6.12. The van der Waals surface area contributed by atoms with Gasteiger partial charge in [-0.3, -0.25) is 0 Å². The standard InChI is InChI=1S/C43H33NO/c1-28-15-17-30(18-16-28)34-23-33(29-9-3-2-4-10-29)24-35(25-34)44-40-13-7-5-11-36(40)38-26-31(19-21-41(38)44)32-20-22-43-39(27-32)37-12-6-8-14-42(37)45-43/h2-15,17-28,36,40H,16H2,1H3. The van der Waals surface area contributed by atoms with Gasteiger partial charge in [0, 0.05) is 28.1 Å². The average molecular weight is 580 g/mol. The minimum Gasteiger partial charge on any atom is -0.456 e. The second kappa shape index (κ2) is 10.4. The van der Waals surface area contributed by atoms with Gasteiger partial charge in [-0.15, -0.1) is 0 Å². The minimum atomic E-state index is 0.218. The van der Waals surface area contributed by atoms with Gasteiger partial charge in [0.15, 0.2) is 0 Å². The molecule has 9 rings (SSSR count). The van der Waals surface area contributed by atoms with Crippen LogP contribution in [-0.4, -0.2) is 6.04 Å². The Hall–Kier alpha value is -5.34. The Morgan fingerprint density at radius 3 is 2.29 bits per heavy atom. The molecule has 0 radical (unpaired) electrons. The van der Waals surface area contributed by atoms with E-state index in [2.05, 4.69) is 151 Å². The largest absolute Gasteiger partial charge is 0.456 e. The summed E-state index contributed by atoms with van der Waals surface area (Å²) in [5.41, 5.74) is 13.2. The van der Waals surface area contributed by atoms with Gasteiger partial charge in [0.25, 0.3) is 0 Å². The van der Waals surface area contributed by atoms with Crippen LogP contribution in [0, 0.1) is 5.92 Å². The second-order valence-corrected chi connectivity index (χ2v) is 12.6. The van der Waals surface area contributed by atoms with Crippen molar-refractivity contribution in [2.75, 3.05) is 4.90 Å². The topological polar surface area (TPSA) is 16.4 Å². The number of para-hydroxylation sites is 1. The van der Waals surface area contributed by atoms with E-state index < -0.39 is 0 Å². The van der Waals surface area contributed by atoms with Crippen molar-refractivity contribution < 1.29 is 4.42 Å². The van der Waals surface area contributed by atoms with Crippen molar-refractivity contribution in [3.8, 4) is 22.3 Å². The number of benzene rings is 5. The molecule has 0 N–H and O–H groups in total. The van der Waals surface area contributed by atoms with Crippen LogP contribution in [0.25, 0.3) is 49.8 Å². The first-order chi connectivity index (χ1) is 22.2. The first-order valence-electron chi connectivity index (χ1n) is 16.0. The Labute approximate surface area is 263 Å². The molecular weight excluding hydrogens is 546 g/mol. The summed E-state index contributed by atoms with van der Waals surface area (Å²) in [7, 11) is 0. The molecule has 3 atom stereocenters. The number of nitrogens with zero attached hydrogens (tertiary/aromatic N) is 1. The maximum Gasteiger partial charge on any atom is 0.135 e. The van der Waals surface area contributed by atoms with Crippen LogP contribution in [0.4, 0.5) is 11.4 Å². The van der Waals surface area contributed by atoms with E-state index in [0.717, 1.165) is 28.4 Å². The van der Waals surface area contributed by atoms with Crippen LogP contribution in [-0.2, 0) is 0 Å². The van der Waals surface area contributed by atoms with E-state index in [1.54, 1.807) is 0 Å². The van der Waals surface area contributed by atoms with Crippen molar-refractivity contribution in [1.29, 1.82) is 0 Å². The smallest absolute Gasteiger partial charge is 0.135 e. The zero-order valence-electron chi connectivity index (χ0n) is 25.2. The van der Waals surface area contributed by atoms with E-state index in [1.165, 1.54) is 50.3 Å². The summed E-state index contributed by atoms with van der Waals surface area (Å²) < 4.78 is 6.12. The molecule has 216 valence electrons. The molecule has 6 aromatic rings.